The molecule has 0 unspecified atom stereocenters. The van der Waals surface area contributed by atoms with Crippen molar-refractivity contribution < 1.29 is 26.3 Å². The second-order valence-electron chi connectivity index (χ2n) is 3.01. The minimum Gasteiger partial charge on any atom is -0.207 e. The SMILES string of the molecule is Fc1ccc(/C=C/C(F)(F)C(F)(F)F)cc1. The van der Waals surface area contributed by atoms with Crippen molar-refractivity contribution in [3.8, 4) is 0 Å². The van der Waals surface area contributed by atoms with E-state index < -0.39 is 17.9 Å². The van der Waals surface area contributed by atoms with E-state index >= 15 is 0 Å². The first-order valence-corrected chi connectivity index (χ1v) is 4.12. The molecule has 0 spiro atoms. The smallest absolute Gasteiger partial charge is 0.207 e. The van der Waals surface area contributed by atoms with E-state index in [1.807, 2.05) is 0 Å². The molecule has 0 aliphatic carbocycles. The van der Waals surface area contributed by atoms with E-state index in [9.17, 15) is 26.3 Å². The summed E-state index contributed by atoms with van der Waals surface area (Å²) in [7, 11) is 0. The zero-order chi connectivity index (χ0) is 12.4. The average molecular weight is 240 g/mol. The van der Waals surface area contributed by atoms with Crippen LogP contribution >= 0.6 is 0 Å². The summed E-state index contributed by atoms with van der Waals surface area (Å²) in [5, 5.41) is 0. The Kier molecular flexibility index (Phi) is 3.30. The van der Waals surface area contributed by atoms with E-state index in [1.54, 1.807) is 0 Å². The summed E-state index contributed by atoms with van der Waals surface area (Å²) in [4.78, 5) is 0. The van der Waals surface area contributed by atoms with Crippen LogP contribution in [0.1, 0.15) is 5.56 Å². The minimum absolute atomic E-state index is 0.0605. The van der Waals surface area contributed by atoms with Crippen molar-refractivity contribution in [2.75, 3.05) is 0 Å². The Morgan fingerprint density at radius 3 is 1.81 bits per heavy atom. The highest BCUT2D eigenvalue weighted by Gasteiger charge is 2.55. The van der Waals surface area contributed by atoms with Gasteiger partial charge >= 0.3 is 12.1 Å². The summed E-state index contributed by atoms with van der Waals surface area (Å²) < 4.78 is 72.4. The van der Waals surface area contributed by atoms with Crippen LogP contribution in [-0.4, -0.2) is 12.1 Å². The van der Waals surface area contributed by atoms with Gasteiger partial charge in [0.1, 0.15) is 5.82 Å². The van der Waals surface area contributed by atoms with Gasteiger partial charge in [0.2, 0.25) is 0 Å². The van der Waals surface area contributed by atoms with Crippen LogP contribution in [0.15, 0.2) is 30.3 Å². The quantitative estimate of drug-likeness (QED) is 0.684. The molecule has 0 nitrogen and oxygen atoms in total. The Labute approximate surface area is 87.2 Å². The molecule has 6 heteroatoms. The van der Waals surface area contributed by atoms with Crippen LogP contribution in [0.4, 0.5) is 26.3 Å². The standard InChI is InChI=1S/C10H6F6/c11-8-3-1-7(2-4-8)5-6-9(12,13)10(14,15)16/h1-6H/b6-5+. The van der Waals surface area contributed by atoms with Gasteiger partial charge in [0.25, 0.3) is 0 Å². The van der Waals surface area contributed by atoms with Gasteiger partial charge in [-0.15, -0.1) is 0 Å². The molecule has 0 saturated carbocycles. The number of alkyl halides is 5. The molecule has 0 heterocycles. The molecule has 0 saturated heterocycles. The maximum atomic E-state index is 12.4. The third-order valence-corrected chi connectivity index (χ3v) is 1.73. The summed E-state index contributed by atoms with van der Waals surface area (Å²) in [6, 6.07) is 4.12. The van der Waals surface area contributed by atoms with Crippen molar-refractivity contribution in [2.45, 2.75) is 12.1 Å². The molecule has 1 rings (SSSR count). The lowest BCUT2D eigenvalue weighted by Crippen LogP contribution is -2.33. The van der Waals surface area contributed by atoms with Gasteiger partial charge in [0, 0.05) is 0 Å². The molecular formula is C10H6F6. The van der Waals surface area contributed by atoms with Gasteiger partial charge < -0.3 is 0 Å². The average Bonchev–Trinajstić information content (AvgIpc) is 2.15. The molecule has 1 aromatic rings. The van der Waals surface area contributed by atoms with Crippen LogP contribution in [0, 0.1) is 5.82 Å². The predicted octanol–water partition coefficient (Wildman–Crippen LogP) is 4.04. The second kappa shape index (κ2) is 4.19. The van der Waals surface area contributed by atoms with Gasteiger partial charge in [0.15, 0.2) is 0 Å². The lowest BCUT2D eigenvalue weighted by molar-refractivity contribution is -0.258. The lowest BCUT2D eigenvalue weighted by Gasteiger charge is -2.15. The van der Waals surface area contributed by atoms with E-state index in [0.717, 1.165) is 24.3 Å². The van der Waals surface area contributed by atoms with E-state index in [1.165, 1.54) is 0 Å². The molecule has 0 radical (unpaired) electrons. The molecule has 0 bridgehead atoms. The fourth-order valence-electron chi connectivity index (χ4n) is 0.869. The van der Waals surface area contributed by atoms with E-state index in [-0.39, 0.29) is 11.6 Å². The molecule has 0 fully saturated rings. The summed E-state index contributed by atoms with van der Waals surface area (Å²) in [6.07, 6.45) is -5.29. The molecule has 16 heavy (non-hydrogen) atoms. The van der Waals surface area contributed by atoms with Crippen LogP contribution in [0.25, 0.3) is 6.08 Å². The first-order chi connectivity index (χ1) is 7.22. The maximum absolute atomic E-state index is 12.4. The topological polar surface area (TPSA) is 0 Å². The maximum Gasteiger partial charge on any atom is 0.457 e. The molecule has 0 amide bonds. The predicted molar refractivity (Wildman–Crippen MR) is 46.4 cm³/mol. The Morgan fingerprint density at radius 1 is 0.875 bits per heavy atom. The molecule has 0 atom stereocenters. The first kappa shape index (κ1) is 12.6. The Bertz CT molecular complexity index is 373. The van der Waals surface area contributed by atoms with Crippen LogP contribution in [0.3, 0.4) is 0 Å². The van der Waals surface area contributed by atoms with Crippen molar-refractivity contribution >= 4 is 6.08 Å². The molecule has 0 aromatic heterocycles. The van der Waals surface area contributed by atoms with Gasteiger partial charge in [-0.1, -0.05) is 18.2 Å². The van der Waals surface area contributed by atoms with E-state index in [0.29, 0.717) is 6.08 Å². The fourth-order valence-corrected chi connectivity index (χ4v) is 0.869. The van der Waals surface area contributed by atoms with Crippen molar-refractivity contribution in [1.29, 1.82) is 0 Å². The summed E-state index contributed by atoms with van der Waals surface area (Å²) >= 11 is 0. The molecule has 0 aliphatic rings. The van der Waals surface area contributed by atoms with Gasteiger partial charge in [-0.05, 0) is 23.8 Å². The zero-order valence-corrected chi connectivity index (χ0v) is 7.73. The van der Waals surface area contributed by atoms with Crippen molar-refractivity contribution in [1.82, 2.24) is 0 Å². The van der Waals surface area contributed by atoms with Crippen molar-refractivity contribution in [2.24, 2.45) is 0 Å². The highest BCUT2D eigenvalue weighted by atomic mass is 19.4. The lowest BCUT2D eigenvalue weighted by atomic mass is 10.2. The fraction of sp³-hybridized carbons (Fsp3) is 0.200. The Hall–Kier alpha value is -1.46. The number of hydrogen-bond donors (Lipinski definition) is 0. The minimum atomic E-state index is -5.62. The second-order valence-corrected chi connectivity index (χ2v) is 3.01. The van der Waals surface area contributed by atoms with Gasteiger partial charge in [-0.3, -0.25) is 0 Å². The van der Waals surface area contributed by atoms with Crippen molar-refractivity contribution in [3.63, 3.8) is 0 Å². The molecule has 88 valence electrons. The molecule has 0 N–H and O–H groups in total. The highest BCUT2D eigenvalue weighted by molar-refractivity contribution is 5.50. The summed E-state index contributed by atoms with van der Waals surface area (Å²) in [6.45, 7) is 0. The zero-order valence-electron chi connectivity index (χ0n) is 7.73. The number of rotatable bonds is 2. The number of halogens is 6. The Morgan fingerprint density at radius 2 is 1.38 bits per heavy atom. The van der Waals surface area contributed by atoms with E-state index in [2.05, 4.69) is 0 Å². The Balaban J connectivity index is 2.85. The number of hydrogen-bond acceptors (Lipinski definition) is 0. The first-order valence-electron chi connectivity index (χ1n) is 4.12. The third kappa shape index (κ3) is 3.01. The normalized spacial score (nSPS) is 13.4. The van der Waals surface area contributed by atoms with Crippen LogP contribution in [0.5, 0.6) is 0 Å². The van der Waals surface area contributed by atoms with Crippen LogP contribution < -0.4 is 0 Å². The molecule has 1 aromatic carbocycles. The molecule has 0 aliphatic heterocycles. The third-order valence-electron chi connectivity index (χ3n) is 1.73. The summed E-state index contributed by atoms with van der Waals surface area (Å²) in [5.41, 5.74) is 0.0605. The largest absolute Gasteiger partial charge is 0.457 e. The van der Waals surface area contributed by atoms with Gasteiger partial charge in [-0.2, -0.15) is 22.0 Å². The number of benzene rings is 1. The molecular weight excluding hydrogens is 234 g/mol. The van der Waals surface area contributed by atoms with E-state index in [4.69, 9.17) is 0 Å². The monoisotopic (exact) mass is 240 g/mol. The van der Waals surface area contributed by atoms with Crippen LogP contribution in [-0.2, 0) is 0 Å². The highest BCUT2D eigenvalue weighted by Crippen LogP contribution is 2.36. The van der Waals surface area contributed by atoms with Gasteiger partial charge in [0.05, 0.1) is 0 Å². The van der Waals surface area contributed by atoms with Crippen molar-refractivity contribution in [3.05, 3.63) is 41.7 Å². The van der Waals surface area contributed by atoms with Gasteiger partial charge in [-0.25, -0.2) is 4.39 Å². The summed E-state index contributed by atoms with van der Waals surface area (Å²) in [5.74, 6) is -5.48. The number of allylic oxidation sites excluding steroid dienone is 1. The van der Waals surface area contributed by atoms with Crippen LogP contribution in [0.2, 0.25) is 0 Å².